The molecule has 24 heavy (non-hydrogen) atoms. The number of hydrogen-bond donors (Lipinski definition) is 3. The zero-order valence-corrected chi connectivity index (χ0v) is 14.3. The van der Waals surface area contributed by atoms with E-state index in [1.807, 2.05) is 43.3 Å². The number of carbonyl (C=O) groups excluding carboxylic acids is 1. The number of benzene rings is 2. The number of aliphatic hydroxyl groups is 1. The predicted molar refractivity (Wildman–Crippen MR) is 94.9 cm³/mol. The number of carbonyl (C=O) groups is 1. The molecule has 2 aromatic rings. The van der Waals surface area contributed by atoms with Crippen LogP contribution in [0.4, 0.5) is 4.79 Å². The number of aryl methyl sites for hydroxylation is 1. The van der Waals surface area contributed by atoms with Crippen molar-refractivity contribution < 1.29 is 9.90 Å². The molecular weight excluding hydrogens is 300 g/mol. The summed E-state index contributed by atoms with van der Waals surface area (Å²) in [6.07, 6.45) is -0.00243. The molecule has 1 aliphatic carbocycles. The Morgan fingerprint density at radius 2 is 1.92 bits per heavy atom. The van der Waals surface area contributed by atoms with Crippen LogP contribution < -0.4 is 10.6 Å². The van der Waals surface area contributed by atoms with Crippen molar-refractivity contribution in [3.8, 4) is 0 Å². The zero-order valence-electron chi connectivity index (χ0n) is 14.3. The van der Waals surface area contributed by atoms with Gasteiger partial charge in [0.2, 0.25) is 0 Å². The number of hydrogen-bond acceptors (Lipinski definition) is 2. The van der Waals surface area contributed by atoms with Gasteiger partial charge in [-0.3, -0.25) is 0 Å². The van der Waals surface area contributed by atoms with Crippen molar-refractivity contribution in [2.75, 3.05) is 0 Å². The normalized spacial score (nSPS) is 20.3. The molecule has 3 atom stereocenters. The predicted octanol–water partition coefficient (Wildman–Crippen LogP) is 3.32. The Kier molecular flexibility index (Phi) is 4.58. The summed E-state index contributed by atoms with van der Waals surface area (Å²) in [6.45, 7) is 6.11. The van der Waals surface area contributed by atoms with E-state index in [4.69, 9.17) is 0 Å². The van der Waals surface area contributed by atoms with Crippen LogP contribution >= 0.6 is 0 Å². The topological polar surface area (TPSA) is 61.4 Å². The van der Waals surface area contributed by atoms with E-state index in [-0.39, 0.29) is 18.1 Å². The van der Waals surface area contributed by atoms with Crippen molar-refractivity contribution in [3.63, 3.8) is 0 Å². The molecule has 3 rings (SSSR count). The lowest BCUT2D eigenvalue weighted by Gasteiger charge is -2.22. The van der Waals surface area contributed by atoms with Gasteiger partial charge in [-0.25, -0.2) is 4.79 Å². The number of urea groups is 1. The van der Waals surface area contributed by atoms with Gasteiger partial charge >= 0.3 is 6.03 Å². The first kappa shape index (κ1) is 16.5. The van der Waals surface area contributed by atoms with Crippen molar-refractivity contribution in [2.24, 2.45) is 0 Å². The number of aliphatic hydroxyl groups excluding tert-OH is 1. The maximum absolute atomic E-state index is 12.4. The lowest BCUT2D eigenvalue weighted by molar-refractivity contribution is 0.142. The maximum Gasteiger partial charge on any atom is 0.315 e. The highest BCUT2D eigenvalue weighted by Gasteiger charge is 2.32. The lowest BCUT2D eigenvalue weighted by atomic mass is 9.98. The van der Waals surface area contributed by atoms with Gasteiger partial charge in [0.15, 0.2) is 0 Å². The molecule has 0 aliphatic heterocycles. The van der Waals surface area contributed by atoms with Crippen molar-refractivity contribution in [3.05, 3.63) is 70.3 Å². The van der Waals surface area contributed by atoms with E-state index in [0.717, 1.165) is 16.7 Å². The van der Waals surface area contributed by atoms with Gasteiger partial charge < -0.3 is 15.7 Å². The standard InChI is InChI=1S/C20H24N2O2/c1-12-7-6-10-16(13(12)2)14(3)21-20(24)22-19-17-9-5-4-8-15(17)11-18(19)23/h4-10,14,18-19,23H,11H2,1-3H3,(H2,21,22,24)/t14?,18-,19+/m1/s1. The Hall–Kier alpha value is -2.33. The third kappa shape index (κ3) is 3.15. The van der Waals surface area contributed by atoms with Gasteiger partial charge in [0.1, 0.15) is 0 Å². The quantitative estimate of drug-likeness (QED) is 0.811. The molecule has 0 spiro atoms. The van der Waals surface area contributed by atoms with E-state index in [9.17, 15) is 9.90 Å². The fourth-order valence-electron chi connectivity index (χ4n) is 3.45. The monoisotopic (exact) mass is 324 g/mol. The van der Waals surface area contributed by atoms with Crippen molar-refractivity contribution >= 4 is 6.03 Å². The van der Waals surface area contributed by atoms with Crippen LogP contribution in [0.2, 0.25) is 0 Å². The van der Waals surface area contributed by atoms with Gasteiger partial charge in [-0.15, -0.1) is 0 Å². The minimum absolute atomic E-state index is 0.0984. The van der Waals surface area contributed by atoms with E-state index in [1.165, 1.54) is 11.1 Å². The molecule has 0 saturated carbocycles. The molecule has 0 radical (unpaired) electrons. The summed E-state index contributed by atoms with van der Waals surface area (Å²) in [7, 11) is 0. The molecule has 0 saturated heterocycles. The molecule has 2 aromatic carbocycles. The number of fused-ring (bicyclic) bond motifs is 1. The Morgan fingerprint density at radius 3 is 2.71 bits per heavy atom. The summed E-state index contributed by atoms with van der Waals surface area (Å²) in [5.74, 6) is 0. The first-order chi connectivity index (χ1) is 11.5. The third-order valence-corrected chi connectivity index (χ3v) is 4.95. The van der Waals surface area contributed by atoms with Gasteiger partial charge in [-0.05, 0) is 48.6 Å². The summed E-state index contributed by atoms with van der Waals surface area (Å²) in [6, 6.07) is 13.2. The molecule has 1 unspecified atom stereocenters. The van der Waals surface area contributed by atoms with E-state index < -0.39 is 6.10 Å². The fourth-order valence-corrected chi connectivity index (χ4v) is 3.45. The van der Waals surface area contributed by atoms with Crippen LogP contribution in [0.15, 0.2) is 42.5 Å². The Morgan fingerprint density at radius 1 is 1.17 bits per heavy atom. The van der Waals surface area contributed by atoms with Gasteiger partial charge in [-0.2, -0.15) is 0 Å². The molecule has 0 bridgehead atoms. The van der Waals surface area contributed by atoms with Gasteiger partial charge in [0.05, 0.1) is 18.2 Å². The molecule has 0 aromatic heterocycles. The molecule has 1 aliphatic rings. The van der Waals surface area contributed by atoms with Gasteiger partial charge in [-0.1, -0.05) is 42.5 Å². The van der Waals surface area contributed by atoms with Crippen LogP contribution in [0, 0.1) is 13.8 Å². The second-order valence-corrected chi connectivity index (χ2v) is 6.58. The number of nitrogens with one attached hydrogen (secondary N) is 2. The number of amides is 2. The second kappa shape index (κ2) is 6.65. The van der Waals surface area contributed by atoms with Crippen molar-refractivity contribution in [2.45, 2.75) is 45.4 Å². The molecule has 2 amide bonds. The molecule has 4 nitrogen and oxygen atoms in total. The van der Waals surface area contributed by atoms with Crippen LogP contribution in [-0.4, -0.2) is 17.2 Å². The van der Waals surface area contributed by atoms with Gasteiger partial charge in [0.25, 0.3) is 0 Å². The highest BCUT2D eigenvalue weighted by molar-refractivity contribution is 5.75. The molecular formula is C20H24N2O2. The average Bonchev–Trinajstić information content (AvgIpc) is 2.86. The van der Waals surface area contributed by atoms with E-state index in [1.54, 1.807) is 0 Å². The fraction of sp³-hybridized carbons (Fsp3) is 0.350. The molecule has 4 heteroatoms. The maximum atomic E-state index is 12.4. The van der Waals surface area contributed by atoms with E-state index >= 15 is 0 Å². The second-order valence-electron chi connectivity index (χ2n) is 6.58. The highest BCUT2D eigenvalue weighted by Crippen LogP contribution is 2.31. The molecule has 0 heterocycles. The zero-order chi connectivity index (χ0) is 17.3. The molecule has 3 N–H and O–H groups in total. The smallest absolute Gasteiger partial charge is 0.315 e. The van der Waals surface area contributed by atoms with E-state index in [2.05, 4.69) is 30.5 Å². The Balaban J connectivity index is 1.69. The van der Waals surface area contributed by atoms with Crippen LogP contribution in [0.1, 0.15) is 46.8 Å². The summed E-state index contributed by atoms with van der Waals surface area (Å²) in [5.41, 5.74) is 5.60. The number of rotatable bonds is 3. The van der Waals surface area contributed by atoms with E-state index in [0.29, 0.717) is 6.42 Å². The van der Waals surface area contributed by atoms with Crippen LogP contribution in [0.25, 0.3) is 0 Å². The first-order valence-electron chi connectivity index (χ1n) is 8.36. The SMILES string of the molecule is Cc1cccc(C(C)NC(=O)N[C@H]2c3ccccc3C[C@H]2O)c1C. The van der Waals surface area contributed by atoms with Gasteiger partial charge in [0, 0.05) is 6.42 Å². The minimum atomic E-state index is -0.579. The van der Waals surface area contributed by atoms with Crippen LogP contribution in [-0.2, 0) is 6.42 Å². The summed E-state index contributed by atoms with van der Waals surface area (Å²) >= 11 is 0. The van der Waals surface area contributed by atoms with Crippen molar-refractivity contribution in [1.29, 1.82) is 0 Å². The summed E-state index contributed by atoms with van der Waals surface area (Å²) < 4.78 is 0. The van der Waals surface area contributed by atoms with Crippen LogP contribution in [0.5, 0.6) is 0 Å². The lowest BCUT2D eigenvalue weighted by Crippen LogP contribution is -2.42. The summed E-state index contributed by atoms with van der Waals surface area (Å²) in [5, 5.41) is 16.1. The average molecular weight is 324 g/mol. The summed E-state index contributed by atoms with van der Waals surface area (Å²) in [4.78, 5) is 12.4. The highest BCUT2D eigenvalue weighted by atomic mass is 16.3. The molecule has 126 valence electrons. The largest absolute Gasteiger partial charge is 0.390 e. The first-order valence-corrected chi connectivity index (χ1v) is 8.36. The molecule has 0 fully saturated rings. The Bertz CT molecular complexity index is 757. The third-order valence-electron chi connectivity index (χ3n) is 4.95. The minimum Gasteiger partial charge on any atom is -0.390 e. The van der Waals surface area contributed by atoms with Crippen LogP contribution in [0.3, 0.4) is 0 Å². The Labute approximate surface area is 142 Å². The van der Waals surface area contributed by atoms with Crippen molar-refractivity contribution in [1.82, 2.24) is 10.6 Å².